The van der Waals surface area contributed by atoms with Crippen molar-refractivity contribution in [2.45, 2.75) is 6.42 Å². The van der Waals surface area contributed by atoms with E-state index in [1.54, 1.807) is 6.07 Å². The lowest BCUT2D eigenvalue weighted by Gasteiger charge is -2.32. The van der Waals surface area contributed by atoms with Crippen molar-refractivity contribution in [3.05, 3.63) is 59.4 Å². The standard InChI is InChI=1S/C23H26ClFN4O/c1-28-11-13-29(14-12-28)10-3-15-30-22-5-2-4-21-18(22)7-9-23(27-21)26-17-6-8-19(24)20(25)16-17/h2,4-9,16H,3,10-15H2,1H3,(H,26,27). The Bertz CT molecular complexity index is 1010. The van der Waals surface area contributed by atoms with E-state index < -0.39 is 5.82 Å². The fourth-order valence-corrected chi connectivity index (χ4v) is 3.70. The number of nitrogens with one attached hydrogen (secondary N) is 1. The summed E-state index contributed by atoms with van der Waals surface area (Å²) in [5, 5.41) is 4.18. The number of rotatable bonds is 7. The summed E-state index contributed by atoms with van der Waals surface area (Å²) in [6.45, 7) is 6.26. The van der Waals surface area contributed by atoms with Crippen molar-refractivity contribution in [2.75, 3.05) is 51.7 Å². The zero-order valence-electron chi connectivity index (χ0n) is 17.1. The fourth-order valence-electron chi connectivity index (χ4n) is 3.59. The van der Waals surface area contributed by atoms with Crippen LogP contribution in [0.2, 0.25) is 5.02 Å². The first kappa shape index (κ1) is 20.8. The van der Waals surface area contributed by atoms with Gasteiger partial charge in [0.1, 0.15) is 17.4 Å². The monoisotopic (exact) mass is 428 g/mol. The van der Waals surface area contributed by atoms with Crippen LogP contribution in [-0.4, -0.2) is 61.2 Å². The molecule has 1 saturated heterocycles. The minimum absolute atomic E-state index is 0.0986. The zero-order chi connectivity index (χ0) is 20.9. The second-order valence-electron chi connectivity index (χ2n) is 7.62. The van der Waals surface area contributed by atoms with E-state index in [9.17, 15) is 4.39 Å². The Morgan fingerprint density at radius 2 is 1.93 bits per heavy atom. The van der Waals surface area contributed by atoms with E-state index in [2.05, 4.69) is 27.1 Å². The highest BCUT2D eigenvalue weighted by molar-refractivity contribution is 6.30. The van der Waals surface area contributed by atoms with Crippen molar-refractivity contribution in [1.29, 1.82) is 0 Å². The number of nitrogens with zero attached hydrogens (tertiary/aromatic N) is 3. The molecule has 0 radical (unpaired) electrons. The number of fused-ring (bicyclic) bond motifs is 1. The van der Waals surface area contributed by atoms with Gasteiger partial charge < -0.3 is 19.9 Å². The van der Waals surface area contributed by atoms with Crippen molar-refractivity contribution >= 4 is 34.0 Å². The summed E-state index contributed by atoms with van der Waals surface area (Å²) in [6.07, 6.45) is 0.995. The summed E-state index contributed by atoms with van der Waals surface area (Å²) in [4.78, 5) is 9.49. The highest BCUT2D eigenvalue weighted by atomic mass is 35.5. The third-order valence-electron chi connectivity index (χ3n) is 5.36. The molecule has 3 aromatic rings. The number of halogens is 2. The van der Waals surface area contributed by atoms with E-state index in [0.717, 1.165) is 55.8 Å². The van der Waals surface area contributed by atoms with Gasteiger partial charge in [-0.3, -0.25) is 0 Å². The number of hydrogen-bond acceptors (Lipinski definition) is 5. The third kappa shape index (κ3) is 5.19. The fraction of sp³-hybridized carbons (Fsp3) is 0.348. The molecule has 7 heteroatoms. The van der Waals surface area contributed by atoms with Gasteiger partial charge in [0, 0.05) is 43.8 Å². The molecule has 30 heavy (non-hydrogen) atoms. The van der Waals surface area contributed by atoms with Crippen molar-refractivity contribution in [1.82, 2.24) is 14.8 Å². The number of likely N-dealkylation sites (N-methyl/N-ethyl adjacent to an activating group) is 1. The first-order chi connectivity index (χ1) is 14.6. The molecule has 158 valence electrons. The molecule has 1 aromatic heterocycles. The number of anilines is 2. The molecule has 0 atom stereocenters. The first-order valence-electron chi connectivity index (χ1n) is 10.2. The SMILES string of the molecule is CN1CCN(CCCOc2cccc3nc(Nc4ccc(Cl)c(F)c4)ccc23)CC1. The molecule has 1 N–H and O–H groups in total. The molecule has 0 unspecified atom stereocenters. The molecule has 0 aliphatic carbocycles. The molecule has 4 rings (SSSR count). The van der Waals surface area contributed by atoms with E-state index in [-0.39, 0.29) is 5.02 Å². The molecule has 2 aromatic carbocycles. The summed E-state index contributed by atoms with van der Waals surface area (Å²) in [5.74, 6) is 1.01. The van der Waals surface area contributed by atoms with Gasteiger partial charge in [-0.1, -0.05) is 17.7 Å². The van der Waals surface area contributed by atoms with E-state index in [1.165, 1.54) is 12.1 Å². The van der Waals surface area contributed by atoms with E-state index >= 15 is 0 Å². The third-order valence-corrected chi connectivity index (χ3v) is 5.66. The molecule has 0 spiro atoms. The summed E-state index contributed by atoms with van der Waals surface area (Å²) in [5.41, 5.74) is 1.42. The summed E-state index contributed by atoms with van der Waals surface area (Å²) >= 11 is 5.74. The summed E-state index contributed by atoms with van der Waals surface area (Å²) in [7, 11) is 2.17. The van der Waals surface area contributed by atoms with Gasteiger partial charge in [-0.2, -0.15) is 0 Å². The molecule has 1 aliphatic rings. The van der Waals surface area contributed by atoms with Crippen LogP contribution >= 0.6 is 11.6 Å². The highest BCUT2D eigenvalue weighted by Gasteiger charge is 2.13. The van der Waals surface area contributed by atoms with Crippen LogP contribution in [0.15, 0.2) is 48.5 Å². The second-order valence-corrected chi connectivity index (χ2v) is 8.03. The average molecular weight is 429 g/mol. The Balaban J connectivity index is 1.37. The van der Waals surface area contributed by atoms with Crippen molar-refractivity contribution in [2.24, 2.45) is 0 Å². The minimum atomic E-state index is -0.463. The smallest absolute Gasteiger partial charge is 0.143 e. The van der Waals surface area contributed by atoms with Crippen LogP contribution in [0.5, 0.6) is 5.75 Å². The van der Waals surface area contributed by atoms with Crippen LogP contribution in [0, 0.1) is 5.82 Å². The molecule has 2 heterocycles. The summed E-state index contributed by atoms with van der Waals surface area (Å²) < 4.78 is 19.7. The molecular formula is C23H26ClFN4O. The van der Waals surface area contributed by atoms with Gasteiger partial charge in [0.15, 0.2) is 0 Å². The van der Waals surface area contributed by atoms with Crippen LogP contribution in [0.4, 0.5) is 15.9 Å². The van der Waals surface area contributed by atoms with E-state index in [1.807, 2.05) is 30.3 Å². The maximum absolute atomic E-state index is 13.7. The molecule has 1 fully saturated rings. The van der Waals surface area contributed by atoms with Crippen LogP contribution < -0.4 is 10.1 Å². The van der Waals surface area contributed by atoms with Crippen molar-refractivity contribution < 1.29 is 9.13 Å². The van der Waals surface area contributed by atoms with Crippen LogP contribution in [0.25, 0.3) is 10.9 Å². The maximum Gasteiger partial charge on any atom is 0.143 e. The number of aromatic nitrogens is 1. The van der Waals surface area contributed by atoms with Gasteiger partial charge in [0.25, 0.3) is 0 Å². The maximum atomic E-state index is 13.7. The molecule has 0 saturated carbocycles. The second kappa shape index (κ2) is 9.60. The average Bonchev–Trinajstić information content (AvgIpc) is 2.75. The van der Waals surface area contributed by atoms with E-state index in [4.69, 9.17) is 16.3 Å². The number of benzene rings is 2. The number of piperazine rings is 1. The number of ether oxygens (including phenoxy) is 1. The van der Waals surface area contributed by atoms with Crippen LogP contribution in [0.1, 0.15) is 6.42 Å². The van der Waals surface area contributed by atoms with Gasteiger partial charge >= 0.3 is 0 Å². The number of pyridine rings is 1. The van der Waals surface area contributed by atoms with Crippen LogP contribution in [-0.2, 0) is 0 Å². The normalized spacial score (nSPS) is 15.4. The lowest BCUT2D eigenvalue weighted by molar-refractivity contribution is 0.145. The quantitative estimate of drug-likeness (QED) is 0.548. The van der Waals surface area contributed by atoms with Gasteiger partial charge in [0.05, 0.1) is 17.1 Å². The Morgan fingerprint density at radius 1 is 1.10 bits per heavy atom. The molecule has 5 nitrogen and oxygen atoms in total. The van der Waals surface area contributed by atoms with Crippen molar-refractivity contribution in [3.8, 4) is 5.75 Å². The van der Waals surface area contributed by atoms with Gasteiger partial charge in [0.2, 0.25) is 0 Å². The molecular weight excluding hydrogens is 403 g/mol. The molecule has 0 amide bonds. The highest BCUT2D eigenvalue weighted by Crippen LogP contribution is 2.27. The first-order valence-corrected chi connectivity index (χ1v) is 10.6. The lowest BCUT2D eigenvalue weighted by Crippen LogP contribution is -2.44. The predicted molar refractivity (Wildman–Crippen MR) is 120 cm³/mol. The zero-order valence-corrected chi connectivity index (χ0v) is 17.8. The lowest BCUT2D eigenvalue weighted by atomic mass is 10.2. The largest absolute Gasteiger partial charge is 0.493 e. The van der Waals surface area contributed by atoms with E-state index in [0.29, 0.717) is 18.1 Å². The van der Waals surface area contributed by atoms with Gasteiger partial charge in [-0.25, -0.2) is 9.37 Å². The number of hydrogen-bond donors (Lipinski definition) is 1. The predicted octanol–water partition coefficient (Wildman–Crippen LogP) is 4.79. The Hall–Kier alpha value is -2.41. The van der Waals surface area contributed by atoms with Gasteiger partial charge in [-0.15, -0.1) is 0 Å². The molecule has 1 aliphatic heterocycles. The molecule has 0 bridgehead atoms. The Morgan fingerprint density at radius 3 is 2.73 bits per heavy atom. The topological polar surface area (TPSA) is 40.6 Å². The Kier molecular flexibility index (Phi) is 6.67. The van der Waals surface area contributed by atoms with Crippen LogP contribution in [0.3, 0.4) is 0 Å². The minimum Gasteiger partial charge on any atom is -0.493 e. The van der Waals surface area contributed by atoms with Crippen molar-refractivity contribution in [3.63, 3.8) is 0 Å². The Labute approximate surface area is 181 Å². The van der Waals surface area contributed by atoms with Gasteiger partial charge in [-0.05, 0) is 55.9 Å². The summed E-state index contributed by atoms with van der Waals surface area (Å²) in [6, 6.07) is 14.3.